The highest BCUT2D eigenvalue weighted by atomic mass is 16.1. The molecule has 0 fully saturated rings. The van der Waals surface area contributed by atoms with Crippen molar-refractivity contribution < 1.29 is 4.79 Å². The predicted octanol–water partition coefficient (Wildman–Crippen LogP) is 3.91. The van der Waals surface area contributed by atoms with Crippen molar-refractivity contribution >= 4 is 5.78 Å². The van der Waals surface area contributed by atoms with Crippen LogP contribution < -0.4 is 0 Å². The maximum absolute atomic E-state index is 12.5. The molecule has 3 rings (SSSR count). The highest BCUT2D eigenvalue weighted by molar-refractivity contribution is 5.83. The molecule has 1 aliphatic carbocycles. The van der Waals surface area contributed by atoms with Gasteiger partial charge in [0, 0.05) is 12.3 Å². The number of benzene rings is 2. The summed E-state index contributed by atoms with van der Waals surface area (Å²) < 4.78 is 0. The zero-order chi connectivity index (χ0) is 13.9. The van der Waals surface area contributed by atoms with Gasteiger partial charge in [0.15, 0.2) is 0 Å². The van der Waals surface area contributed by atoms with Crippen molar-refractivity contribution in [2.24, 2.45) is 5.92 Å². The standard InChI is InChI=1S/C19H20O/c1-14-6-8-15(9-7-14)12-19(20)18-11-10-16-4-2-3-5-17(16)13-18/h2-9,18H,10-13H2,1H3. The number of Topliss-reactive ketones (excluding diaryl/α,β-unsaturated/α-hetero) is 1. The molecule has 0 radical (unpaired) electrons. The van der Waals surface area contributed by atoms with E-state index in [9.17, 15) is 4.79 Å². The van der Waals surface area contributed by atoms with Gasteiger partial charge in [0.05, 0.1) is 0 Å². The van der Waals surface area contributed by atoms with Crippen LogP contribution in [0, 0.1) is 12.8 Å². The van der Waals surface area contributed by atoms with E-state index >= 15 is 0 Å². The summed E-state index contributed by atoms with van der Waals surface area (Å²) in [4.78, 5) is 12.5. The van der Waals surface area contributed by atoms with Crippen LogP contribution in [0.2, 0.25) is 0 Å². The van der Waals surface area contributed by atoms with Crippen LogP contribution in [0.3, 0.4) is 0 Å². The third-order valence-electron chi connectivity index (χ3n) is 4.30. The summed E-state index contributed by atoms with van der Waals surface area (Å²) >= 11 is 0. The maximum Gasteiger partial charge on any atom is 0.140 e. The summed E-state index contributed by atoms with van der Waals surface area (Å²) in [5, 5.41) is 0. The van der Waals surface area contributed by atoms with Gasteiger partial charge in [-0.05, 0) is 42.9 Å². The molecule has 0 aliphatic heterocycles. The molecule has 102 valence electrons. The molecule has 0 amide bonds. The Morgan fingerprint density at radius 3 is 2.50 bits per heavy atom. The molecule has 1 atom stereocenters. The smallest absolute Gasteiger partial charge is 0.140 e. The van der Waals surface area contributed by atoms with E-state index in [0.29, 0.717) is 12.2 Å². The molecular weight excluding hydrogens is 244 g/mol. The van der Waals surface area contributed by atoms with Gasteiger partial charge >= 0.3 is 0 Å². The lowest BCUT2D eigenvalue weighted by Gasteiger charge is -2.23. The van der Waals surface area contributed by atoms with E-state index in [0.717, 1.165) is 24.8 Å². The third-order valence-corrected chi connectivity index (χ3v) is 4.30. The van der Waals surface area contributed by atoms with Crippen molar-refractivity contribution in [3.05, 3.63) is 70.8 Å². The van der Waals surface area contributed by atoms with E-state index < -0.39 is 0 Å². The van der Waals surface area contributed by atoms with E-state index in [2.05, 4.69) is 55.5 Å². The van der Waals surface area contributed by atoms with E-state index in [1.54, 1.807) is 0 Å². The van der Waals surface area contributed by atoms with Crippen molar-refractivity contribution in [3.8, 4) is 0 Å². The minimum absolute atomic E-state index is 0.200. The number of aryl methyl sites for hydroxylation is 2. The molecule has 0 spiro atoms. The maximum atomic E-state index is 12.5. The number of hydrogen-bond acceptors (Lipinski definition) is 1. The summed E-state index contributed by atoms with van der Waals surface area (Å²) in [5.41, 5.74) is 5.17. The second kappa shape index (κ2) is 5.62. The minimum Gasteiger partial charge on any atom is -0.299 e. The predicted molar refractivity (Wildman–Crippen MR) is 81.8 cm³/mol. The Hall–Kier alpha value is -1.89. The van der Waals surface area contributed by atoms with Crippen LogP contribution in [-0.4, -0.2) is 5.78 Å². The SMILES string of the molecule is Cc1ccc(CC(=O)C2CCc3ccccc3C2)cc1. The fourth-order valence-corrected chi connectivity index (χ4v) is 3.02. The van der Waals surface area contributed by atoms with E-state index in [1.807, 2.05) is 0 Å². The van der Waals surface area contributed by atoms with Crippen molar-refractivity contribution in [2.75, 3.05) is 0 Å². The Morgan fingerprint density at radius 2 is 1.75 bits per heavy atom. The third kappa shape index (κ3) is 2.82. The highest BCUT2D eigenvalue weighted by Gasteiger charge is 2.24. The normalized spacial score (nSPS) is 17.6. The van der Waals surface area contributed by atoms with Crippen LogP contribution in [0.15, 0.2) is 48.5 Å². The van der Waals surface area contributed by atoms with Crippen molar-refractivity contribution in [1.29, 1.82) is 0 Å². The van der Waals surface area contributed by atoms with Crippen LogP contribution in [-0.2, 0) is 24.1 Å². The average molecular weight is 264 g/mol. The Labute approximate surface area is 120 Å². The monoisotopic (exact) mass is 264 g/mol. The van der Waals surface area contributed by atoms with E-state index in [4.69, 9.17) is 0 Å². The van der Waals surface area contributed by atoms with Gasteiger partial charge < -0.3 is 0 Å². The number of ketones is 1. The second-order valence-electron chi connectivity index (χ2n) is 5.84. The molecule has 20 heavy (non-hydrogen) atoms. The number of rotatable bonds is 3. The van der Waals surface area contributed by atoms with Gasteiger partial charge in [-0.1, -0.05) is 54.1 Å². The molecule has 2 aromatic rings. The van der Waals surface area contributed by atoms with Crippen LogP contribution >= 0.6 is 0 Å². The second-order valence-corrected chi connectivity index (χ2v) is 5.84. The van der Waals surface area contributed by atoms with Gasteiger partial charge in [0.2, 0.25) is 0 Å². The fourth-order valence-electron chi connectivity index (χ4n) is 3.02. The Balaban J connectivity index is 1.68. The minimum atomic E-state index is 0.200. The molecular formula is C19H20O. The van der Waals surface area contributed by atoms with Gasteiger partial charge in [-0.25, -0.2) is 0 Å². The molecule has 1 unspecified atom stereocenters. The molecule has 0 saturated heterocycles. The van der Waals surface area contributed by atoms with Gasteiger partial charge in [0.25, 0.3) is 0 Å². The lowest BCUT2D eigenvalue weighted by atomic mass is 9.80. The first-order valence-electron chi connectivity index (χ1n) is 7.37. The Morgan fingerprint density at radius 1 is 1.05 bits per heavy atom. The Bertz CT molecular complexity index is 610. The Kier molecular flexibility index (Phi) is 3.68. The number of fused-ring (bicyclic) bond motifs is 1. The molecule has 1 heteroatoms. The largest absolute Gasteiger partial charge is 0.299 e. The summed E-state index contributed by atoms with van der Waals surface area (Å²) in [7, 11) is 0. The molecule has 0 aromatic heterocycles. The van der Waals surface area contributed by atoms with E-state index in [-0.39, 0.29) is 5.92 Å². The first-order valence-corrected chi connectivity index (χ1v) is 7.37. The van der Waals surface area contributed by atoms with Gasteiger partial charge in [0.1, 0.15) is 5.78 Å². The van der Waals surface area contributed by atoms with Crippen molar-refractivity contribution in [3.63, 3.8) is 0 Å². The summed E-state index contributed by atoms with van der Waals surface area (Å²) in [5.74, 6) is 0.592. The number of carbonyl (C=O) groups is 1. The zero-order valence-electron chi connectivity index (χ0n) is 11.9. The first-order chi connectivity index (χ1) is 9.72. The number of hydrogen-bond donors (Lipinski definition) is 0. The molecule has 0 bridgehead atoms. The van der Waals surface area contributed by atoms with E-state index in [1.165, 1.54) is 16.7 Å². The molecule has 0 heterocycles. The topological polar surface area (TPSA) is 17.1 Å². The number of carbonyl (C=O) groups excluding carboxylic acids is 1. The van der Waals surface area contributed by atoms with Crippen LogP contribution in [0.1, 0.15) is 28.7 Å². The van der Waals surface area contributed by atoms with Crippen molar-refractivity contribution in [1.82, 2.24) is 0 Å². The quantitative estimate of drug-likeness (QED) is 0.821. The zero-order valence-corrected chi connectivity index (χ0v) is 11.9. The lowest BCUT2D eigenvalue weighted by Crippen LogP contribution is -2.24. The lowest BCUT2D eigenvalue weighted by molar-refractivity contribution is -0.122. The van der Waals surface area contributed by atoms with Crippen LogP contribution in [0.5, 0.6) is 0 Å². The molecule has 0 N–H and O–H groups in total. The first kappa shape index (κ1) is 13.1. The van der Waals surface area contributed by atoms with Crippen molar-refractivity contribution in [2.45, 2.75) is 32.6 Å². The molecule has 0 saturated carbocycles. The van der Waals surface area contributed by atoms with Gasteiger partial charge in [-0.3, -0.25) is 4.79 Å². The fraction of sp³-hybridized carbons (Fsp3) is 0.316. The van der Waals surface area contributed by atoms with Crippen LogP contribution in [0.4, 0.5) is 0 Å². The molecule has 1 nitrogen and oxygen atoms in total. The summed E-state index contributed by atoms with van der Waals surface area (Å²) in [6.07, 6.45) is 3.54. The average Bonchev–Trinajstić information content (AvgIpc) is 2.49. The molecule has 1 aliphatic rings. The molecule has 2 aromatic carbocycles. The van der Waals surface area contributed by atoms with Gasteiger partial charge in [-0.2, -0.15) is 0 Å². The summed E-state index contributed by atoms with van der Waals surface area (Å²) in [6.45, 7) is 2.07. The van der Waals surface area contributed by atoms with Gasteiger partial charge in [-0.15, -0.1) is 0 Å². The summed E-state index contributed by atoms with van der Waals surface area (Å²) in [6, 6.07) is 16.8. The highest BCUT2D eigenvalue weighted by Crippen LogP contribution is 2.26. The van der Waals surface area contributed by atoms with Crippen LogP contribution in [0.25, 0.3) is 0 Å².